The second-order valence-electron chi connectivity index (χ2n) is 5.89. The molecule has 5 nitrogen and oxygen atoms in total. The van der Waals surface area contributed by atoms with E-state index in [0.29, 0.717) is 10.9 Å². The molecule has 0 atom stereocenters. The van der Waals surface area contributed by atoms with E-state index in [-0.39, 0.29) is 22.8 Å². The van der Waals surface area contributed by atoms with Gasteiger partial charge in [0.2, 0.25) is 0 Å². The number of imidazole rings is 1. The number of hydrogen-bond acceptors (Lipinski definition) is 4. The second kappa shape index (κ2) is 8.92. The van der Waals surface area contributed by atoms with Crippen LogP contribution in [0.5, 0.6) is 0 Å². The maximum absolute atomic E-state index is 11.8. The van der Waals surface area contributed by atoms with E-state index < -0.39 is 0 Å². The van der Waals surface area contributed by atoms with Gasteiger partial charge in [-0.2, -0.15) is 0 Å². The molecule has 0 N–H and O–H groups in total. The van der Waals surface area contributed by atoms with E-state index in [0.717, 1.165) is 36.5 Å². The Morgan fingerprint density at radius 1 is 1.26 bits per heavy atom. The molecule has 0 saturated heterocycles. The zero-order chi connectivity index (χ0) is 16.3. The minimum absolute atomic E-state index is 0. The molecule has 0 spiro atoms. The minimum atomic E-state index is 0. The molecule has 0 amide bonds. The monoisotopic (exact) mass is 446 g/mol. The molecule has 1 aromatic carbocycles. The first-order valence-corrected chi connectivity index (χ1v) is 8.42. The number of nitrogens with zero attached hydrogens (tertiary/aromatic N) is 4. The zero-order valence-electron chi connectivity index (χ0n) is 14.0. The van der Waals surface area contributed by atoms with Crippen LogP contribution in [-0.4, -0.2) is 64.7 Å². The first-order chi connectivity index (χ1) is 10.4. The second-order valence-corrected chi connectivity index (χ2v) is 6.45. The van der Waals surface area contributed by atoms with E-state index >= 15 is 0 Å². The standard InChI is InChI=1S/C16H23BrN4O.BrH/c1-19(2)7-8-20(3)11-16-18-13-9-12(15(22)10-17)5-6-14(13)21(16)4;/h5-6,9H,7-8,10-11H2,1-4H3;1H. The van der Waals surface area contributed by atoms with E-state index in [1.54, 1.807) is 0 Å². The van der Waals surface area contributed by atoms with Gasteiger partial charge < -0.3 is 9.47 Å². The molecule has 2 aromatic rings. The van der Waals surface area contributed by atoms with Gasteiger partial charge in [0.05, 0.1) is 22.9 Å². The molecular weight excluding hydrogens is 424 g/mol. The Morgan fingerprint density at radius 3 is 2.57 bits per heavy atom. The van der Waals surface area contributed by atoms with Gasteiger partial charge in [-0.3, -0.25) is 9.69 Å². The fourth-order valence-electron chi connectivity index (χ4n) is 2.33. The fraction of sp³-hybridized carbons (Fsp3) is 0.500. The van der Waals surface area contributed by atoms with E-state index in [1.165, 1.54) is 0 Å². The van der Waals surface area contributed by atoms with Gasteiger partial charge in [0, 0.05) is 25.7 Å². The first kappa shape index (κ1) is 20.3. The summed E-state index contributed by atoms with van der Waals surface area (Å²) in [6.45, 7) is 2.80. The van der Waals surface area contributed by atoms with Gasteiger partial charge in [-0.15, -0.1) is 17.0 Å². The van der Waals surface area contributed by atoms with Crippen LogP contribution in [-0.2, 0) is 13.6 Å². The van der Waals surface area contributed by atoms with Gasteiger partial charge in [-0.25, -0.2) is 4.98 Å². The van der Waals surface area contributed by atoms with Gasteiger partial charge in [-0.05, 0) is 39.3 Å². The Kier molecular flexibility index (Phi) is 7.86. The van der Waals surface area contributed by atoms with Crippen molar-refractivity contribution in [3.05, 3.63) is 29.6 Å². The molecule has 1 heterocycles. The summed E-state index contributed by atoms with van der Waals surface area (Å²) in [4.78, 5) is 20.9. The summed E-state index contributed by atoms with van der Waals surface area (Å²) in [6.07, 6.45) is 0. The van der Waals surface area contributed by atoms with Crippen molar-refractivity contribution in [2.24, 2.45) is 7.05 Å². The van der Waals surface area contributed by atoms with E-state index in [1.807, 2.05) is 25.2 Å². The van der Waals surface area contributed by atoms with Gasteiger partial charge in [0.25, 0.3) is 0 Å². The molecule has 0 aliphatic rings. The molecule has 2 rings (SSSR count). The number of rotatable bonds is 7. The molecule has 23 heavy (non-hydrogen) atoms. The predicted molar refractivity (Wildman–Crippen MR) is 104 cm³/mol. The lowest BCUT2D eigenvalue weighted by molar-refractivity contribution is 0.102. The van der Waals surface area contributed by atoms with Crippen molar-refractivity contribution < 1.29 is 4.79 Å². The SMILES string of the molecule is Br.CN(C)CCN(C)Cc1nc2cc(C(=O)CBr)ccc2n1C. The number of likely N-dealkylation sites (N-methyl/N-ethyl adjacent to an activating group) is 2. The predicted octanol–water partition coefficient (Wildman–Crippen LogP) is 2.72. The van der Waals surface area contributed by atoms with Gasteiger partial charge in [0.15, 0.2) is 5.78 Å². The van der Waals surface area contributed by atoms with Crippen LogP contribution in [0.1, 0.15) is 16.2 Å². The normalized spacial score (nSPS) is 11.3. The van der Waals surface area contributed by atoms with Crippen LogP contribution in [0.25, 0.3) is 11.0 Å². The van der Waals surface area contributed by atoms with Crippen molar-refractivity contribution >= 4 is 49.7 Å². The Morgan fingerprint density at radius 2 is 1.96 bits per heavy atom. The molecule has 0 radical (unpaired) electrons. The Labute approximate surface area is 156 Å². The minimum Gasteiger partial charge on any atom is -0.330 e. The van der Waals surface area contributed by atoms with Crippen molar-refractivity contribution in [2.45, 2.75) is 6.54 Å². The van der Waals surface area contributed by atoms with Crippen molar-refractivity contribution in [1.29, 1.82) is 0 Å². The largest absolute Gasteiger partial charge is 0.330 e. The summed E-state index contributed by atoms with van der Waals surface area (Å²) >= 11 is 3.21. The van der Waals surface area contributed by atoms with Crippen LogP contribution in [0.3, 0.4) is 0 Å². The number of hydrogen-bond donors (Lipinski definition) is 0. The molecule has 0 fully saturated rings. The molecule has 0 aliphatic carbocycles. The quantitative estimate of drug-likeness (QED) is 0.483. The van der Waals surface area contributed by atoms with Crippen molar-refractivity contribution in [2.75, 3.05) is 39.6 Å². The summed E-state index contributed by atoms with van der Waals surface area (Å²) in [7, 11) is 8.27. The third-order valence-corrected chi connectivity index (χ3v) is 4.27. The summed E-state index contributed by atoms with van der Waals surface area (Å²) in [5, 5.41) is 0.339. The maximum atomic E-state index is 11.8. The molecule has 128 valence electrons. The fourth-order valence-corrected chi connectivity index (χ4v) is 2.66. The number of carbonyl (C=O) groups is 1. The number of ketones is 1. The summed E-state index contributed by atoms with van der Waals surface area (Å²) in [5.41, 5.74) is 2.64. The number of alkyl halides is 1. The van der Waals surface area contributed by atoms with Crippen LogP contribution in [0.15, 0.2) is 18.2 Å². The lowest BCUT2D eigenvalue weighted by Crippen LogP contribution is -2.29. The van der Waals surface area contributed by atoms with Crippen LogP contribution in [0.2, 0.25) is 0 Å². The molecule has 0 bridgehead atoms. The summed E-state index contributed by atoms with van der Waals surface area (Å²) in [6, 6.07) is 5.72. The average molecular weight is 448 g/mol. The number of halogens is 2. The summed E-state index contributed by atoms with van der Waals surface area (Å²) in [5.74, 6) is 1.09. The van der Waals surface area contributed by atoms with E-state index in [9.17, 15) is 4.79 Å². The van der Waals surface area contributed by atoms with E-state index in [4.69, 9.17) is 4.98 Å². The highest BCUT2D eigenvalue weighted by atomic mass is 79.9. The van der Waals surface area contributed by atoms with Gasteiger partial charge in [-0.1, -0.05) is 15.9 Å². The number of aromatic nitrogens is 2. The Hall–Kier alpha value is -0.760. The molecule has 1 aromatic heterocycles. The molecular formula is C16H24Br2N4O. The van der Waals surface area contributed by atoms with Gasteiger partial charge in [0.1, 0.15) is 5.82 Å². The molecule has 0 unspecified atom stereocenters. The highest BCUT2D eigenvalue weighted by molar-refractivity contribution is 9.09. The maximum Gasteiger partial charge on any atom is 0.173 e. The number of benzene rings is 1. The number of carbonyl (C=O) groups excluding carboxylic acids is 1. The van der Waals surface area contributed by atoms with Crippen LogP contribution < -0.4 is 0 Å². The summed E-state index contributed by atoms with van der Waals surface area (Å²) < 4.78 is 2.10. The molecule has 0 aliphatic heterocycles. The number of Topliss-reactive ketones (excluding diaryl/α,β-unsaturated/α-hetero) is 1. The first-order valence-electron chi connectivity index (χ1n) is 7.30. The number of fused-ring (bicyclic) bond motifs is 1. The van der Waals surface area contributed by atoms with Crippen molar-refractivity contribution in [3.63, 3.8) is 0 Å². The zero-order valence-corrected chi connectivity index (χ0v) is 17.3. The van der Waals surface area contributed by atoms with Gasteiger partial charge >= 0.3 is 0 Å². The molecule has 0 saturated carbocycles. The highest BCUT2D eigenvalue weighted by Gasteiger charge is 2.12. The smallest absolute Gasteiger partial charge is 0.173 e. The van der Waals surface area contributed by atoms with Crippen molar-refractivity contribution in [1.82, 2.24) is 19.4 Å². The third kappa shape index (κ3) is 5.11. The number of aryl methyl sites for hydroxylation is 1. The lowest BCUT2D eigenvalue weighted by atomic mass is 10.1. The third-order valence-electron chi connectivity index (χ3n) is 3.76. The Balaban J connectivity index is 0.00000264. The average Bonchev–Trinajstić information content (AvgIpc) is 2.80. The molecule has 7 heteroatoms. The highest BCUT2D eigenvalue weighted by Crippen LogP contribution is 2.18. The Bertz CT molecular complexity index is 669. The van der Waals surface area contributed by atoms with E-state index in [2.05, 4.69) is 51.4 Å². The van der Waals surface area contributed by atoms with Crippen LogP contribution in [0.4, 0.5) is 0 Å². The topological polar surface area (TPSA) is 41.4 Å². The van der Waals surface area contributed by atoms with Crippen LogP contribution in [0, 0.1) is 0 Å². The lowest BCUT2D eigenvalue weighted by Gasteiger charge is -2.18. The van der Waals surface area contributed by atoms with Crippen molar-refractivity contribution in [3.8, 4) is 0 Å². The van der Waals surface area contributed by atoms with Crippen LogP contribution >= 0.6 is 32.9 Å².